The molecule has 5 aliphatic rings. The minimum atomic E-state index is -1.97. The number of phenols is 1. The van der Waals surface area contributed by atoms with Crippen molar-refractivity contribution < 1.29 is 29.6 Å². The number of aromatic hydroxyl groups is 1. The Morgan fingerprint density at radius 1 is 0.957 bits per heavy atom. The van der Waals surface area contributed by atoms with E-state index in [0.29, 0.717) is 43.0 Å². The molecule has 0 saturated carbocycles. The molecular weight excluding hydrogens is 602 g/mol. The monoisotopic (exact) mass is 629 g/mol. The summed E-state index contributed by atoms with van der Waals surface area (Å²) in [4.78, 5) is 76.3. The lowest BCUT2D eigenvalue weighted by Gasteiger charge is -2.27. The Kier molecular flexibility index (Phi) is 6.79. The largest absolute Gasteiger partial charge is 0.510 e. The number of ether oxygens (including phenoxy) is 2. The molecule has 1 aliphatic heterocycles. The molecule has 1 fully saturated rings. The highest BCUT2D eigenvalue weighted by molar-refractivity contribution is 5.96. The first-order chi connectivity index (χ1) is 22.1. The Bertz CT molecular complexity index is 2470. The number of morpholine rings is 1. The Morgan fingerprint density at radius 2 is 1.65 bits per heavy atom. The molecular formula is C32H27N3O11. The van der Waals surface area contributed by atoms with E-state index >= 15 is 0 Å². The van der Waals surface area contributed by atoms with Gasteiger partial charge in [-0.3, -0.25) is 28.9 Å². The minimum Gasteiger partial charge on any atom is -0.510 e. The topological polar surface area (TPSA) is 205 Å². The molecule has 7 rings (SSSR count). The average Bonchev–Trinajstić information content (AvgIpc) is 3.53. The number of H-pyrrole nitrogens is 1. The average molecular weight is 630 g/mol. The van der Waals surface area contributed by atoms with Crippen LogP contribution in [0.2, 0.25) is 0 Å². The van der Waals surface area contributed by atoms with E-state index in [1.54, 1.807) is 12.1 Å². The molecule has 1 aromatic carbocycles. The molecule has 1 atom stereocenters. The van der Waals surface area contributed by atoms with Crippen molar-refractivity contribution >= 4 is 28.5 Å². The van der Waals surface area contributed by atoms with Crippen molar-refractivity contribution in [2.24, 2.45) is 5.16 Å². The first-order valence-corrected chi connectivity index (χ1v) is 14.5. The normalized spacial score (nSPS) is 19.5. The lowest BCUT2D eigenvalue weighted by molar-refractivity contribution is 0.0214. The van der Waals surface area contributed by atoms with Gasteiger partial charge in [0.1, 0.15) is 29.3 Å². The van der Waals surface area contributed by atoms with Gasteiger partial charge in [0, 0.05) is 31.3 Å². The Morgan fingerprint density at radius 3 is 2.35 bits per heavy atom. The van der Waals surface area contributed by atoms with Crippen LogP contribution in [0.3, 0.4) is 0 Å². The van der Waals surface area contributed by atoms with Crippen molar-refractivity contribution in [1.82, 2.24) is 9.88 Å². The molecule has 4 N–H and O–H groups in total. The second-order valence-electron chi connectivity index (χ2n) is 11.5. The molecule has 0 bridgehead atoms. The summed E-state index contributed by atoms with van der Waals surface area (Å²) in [7, 11) is 1.12. The number of aromatic nitrogens is 1. The van der Waals surface area contributed by atoms with Gasteiger partial charge in [0.05, 0.1) is 58.5 Å². The van der Waals surface area contributed by atoms with Gasteiger partial charge in [0.25, 0.3) is 5.56 Å². The van der Waals surface area contributed by atoms with Gasteiger partial charge in [-0.05, 0) is 29.9 Å². The standard InChI is InChI=1S/C32H27N3O11/c1-44-18-12-17(36)20-21(25(18)37)27(39)23-22(26(20)38)29(41)32(30(23)42)3-2-14-10-15-11-16(34-31(43)19(15)28(40)24(14)32)13-33-46-9-6-35-4-7-45-8-5-35/h10-13,40-42H,2-9H2,1H3,(H,34,43). The van der Waals surface area contributed by atoms with Crippen LogP contribution in [0.1, 0.15) is 23.2 Å². The number of nitrogens with zero attached hydrogens (tertiary/aromatic N) is 2. The molecule has 1 aromatic heterocycles. The molecule has 1 spiro atoms. The SMILES string of the molecule is COc1cc(=O)c2c(=O)c3c(c(=O)c=2c1=O)=C(O)C1(CCc2cc4cc(C=NOCCN5CCOCC5)[nH]c(=O)c4c(O)c21)C=3O. The van der Waals surface area contributed by atoms with Crippen molar-refractivity contribution in [1.29, 1.82) is 0 Å². The maximum atomic E-state index is 13.6. The number of hydrogen-bond donors (Lipinski definition) is 4. The number of nitrogens with one attached hydrogen (secondary N) is 1. The summed E-state index contributed by atoms with van der Waals surface area (Å²) < 4.78 is 10.2. The van der Waals surface area contributed by atoms with E-state index in [-0.39, 0.29) is 23.8 Å². The fourth-order valence-corrected chi connectivity index (χ4v) is 6.98. The zero-order valence-corrected chi connectivity index (χ0v) is 24.5. The third kappa shape index (κ3) is 4.03. The van der Waals surface area contributed by atoms with Crippen LogP contribution in [0.5, 0.6) is 11.5 Å². The number of aliphatic hydroxyl groups excluding tert-OH is 2. The van der Waals surface area contributed by atoms with Crippen LogP contribution in [-0.4, -0.2) is 78.0 Å². The predicted octanol–water partition coefficient (Wildman–Crippen LogP) is -1.80. The van der Waals surface area contributed by atoms with Crippen molar-refractivity contribution in [3.63, 3.8) is 0 Å². The summed E-state index contributed by atoms with van der Waals surface area (Å²) in [6, 6.07) is 3.97. The molecule has 4 aliphatic carbocycles. The maximum absolute atomic E-state index is 13.6. The van der Waals surface area contributed by atoms with Gasteiger partial charge >= 0.3 is 0 Å². The van der Waals surface area contributed by atoms with E-state index < -0.39 is 76.6 Å². The van der Waals surface area contributed by atoms with Crippen LogP contribution in [0.4, 0.5) is 0 Å². The molecule has 14 nitrogen and oxygen atoms in total. The fraction of sp³-hybridized carbons (Fsp3) is 0.312. The second kappa shape index (κ2) is 10.6. The molecule has 1 saturated heterocycles. The number of phenolic OH excluding ortho intramolecular Hbond substituents is 1. The summed E-state index contributed by atoms with van der Waals surface area (Å²) in [5, 5.41) is 36.0. The first kappa shape index (κ1) is 29.4. The van der Waals surface area contributed by atoms with E-state index in [1.165, 1.54) is 6.21 Å². The smallest absolute Gasteiger partial charge is 0.260 e. The third-order valence-corrected chi connectivity index (χ3v) is 9.14. The third-order valence-electron chi connectivity index (χ3n) is 9.14. The number of oxime groups is 1. The van der Waals surface area contributed by atoms with Gasteiger partial charge in [0.15, 0.2) is 11.2 Å². The van der Waals surface area contributed by atoms with Crippen molar-refractivity contribution in [2.45, 2.75) is 18.3 Å². The highest BCUT2D eigenvalue weighted by Gasteiger charge is 2.53. The Balaban J connectivity index is 1.34. The number of benzene rings is 1. The number of aromatic amines is 1. The summed E-state index contributed by atoms with van der Waals surface area (Å²) in [5.74, 6) is -2.54. The number of pyridine rings is 1. The maximum Gasteiger partial charge on any atom is 0.260 e. The highest BCUT2D eigenvalue weighted by atomic mass is 16.6. The molecule has 1 unspecified atom stereocenters. The van der Waals surface area contributed by atoms with Crippen LogP contribution in [0, 0.1) is 10.4 Å². The van der Waals surface area contributed by atoms with Gasteiger partial charge in [-0.1, -0.05) is 11.2 Å². The summed E-state index contributed by atoms with van der Waals surface area (Å²) in [5.41, 5.74) is -6.22. The van der Waals surface area contributed by atoms with Crippen LogP contribution < -0.4 is 42.4 Å². The van der Waals surface area contributed by atoms with E-state index in [9.17, 15) is 39.3 Å². The van der Waals surface area contributed by atoms with E-state index in [1.807, 2.05) is 0 Å². The van der Waals surface area contributed by atoms with Crippen LogP contribution in [0.25, 0.3) is 22.3 Å². The zero-order valence-electron chi connectivity index (χ0n) is 24.5. The Labute approximate surface area is 256 Å². The molecule has 2 heterocycles. The predicted molar refractivity (Wildman–Crippen MR) is 164 cm³/mol. The fourth-order valence-electron chi connectivity index (χ4n) is 6.98. The Hall–Kier alpha value is -5.34. The molecule has 236 valence electrons. The summed E-state index contributed by atoms with van der Waals surface area (Å²) in [6.45, 7) is 3.94. The van der Waals surface area contributed by atoms with E-state index in [2.05, 4.69) is 15.0 Å². The van der Waals surface area contributed by atoms with Crippen molar-refractivity contribution in [3.05, 3.63) is 107 Å². The highest BCUT2D eigenvalue weighted by Crippen LogP contribution is 2.54. The van der Waals surface area contributed by atoms with Crippen molar-refractivity contribution in [2.75, 3.05) is 46.6 Å². The molecule has 0 amide bonds. The minimum absolute atomic E-state index is 0.0605. The lowest BCUT2D eigenvalue weighted by Crippen LogP contribution is -2.51. The number of rotatable bonds is 6. The molecule has 0 radical (unpaired) electrons. The molecule has 14 heteroatoms. The lowest BCUT2D eigenvalue weighted by atomic mass is 9.78. The molecule has 2 aromatic rings. The first-order valence-electron chi connectivity index (χ1n) is 14.5. The number of aliphatic hydroxyl groups is 2. The number of fused-ring (bicyclic) bond motifs is 4. The summed E-state index contributed by atoms with van der Waals surface area (Å²) in [6.07, 6.45) is 1.41. The second-order valence-corrected chi connectivity index (χ2v) is 11.5. The van der Waals surface area contributed by atoms with Crippen LogP contribution in [0.15, 0.2) is 47.3 Å². The number of hydrogen-bond acceptors (Lipinski definition) is 13. The van der Waals surface area contributed by atoms with Crippen molar-refractivity contribution in [3.8, 4) is 11.5 Å². The quantitative estimate of drug-likeness (QED) is 0.106. The number of methoxy groups -OCH3 is 1. The zero-order chi connectivity index (χ0) is 32.5. The number of aryl methyl sites for hydroxylation is 1. The van der Waals surface area contributed by atoms with Gasteiger partial charge in [-0.2, -0.15) is 0 Å². The van der Waals surface area contributed by atoms with E-state index in [0.717, 1.165) is 26.3 Å². The van der Waals surface area contributed by atoms with Gasteiger partial charge in [-0.15, -0.1) is 0 Å². The van der Waals surface area contributed by atoms with E-state index in [4.69, 9.17) is 14.3 Å². The van der Waals surface area contributed by atoms with Gasteiger partial charge in [0.2, 0.25) is 16.3 Å². The van der Waals surface area contributed by atoms with Gasteiger partial charge in [-0.25, -0.2) is 0 Å². The van der Waals surface area contributed by atoms with Crippen LogP contribution >= 0.6 is 0 Å². The van der Waals surface area contributed by atoms with Crippen LogP contribution in [-0.2, 0) is 21.4 Å². The summed E-state index contributed by atoms with van der Waals surface area (Å²) >= 11 is 0. The van der Waals surface area contributed by atoms with Gasteiger partial charge < -0.3 is 34.6 Å². The molecule has 46 heavy (non-hydrogen) atoms.